The van der Waals surface area contributed by atoms with Crippen LogP contribution in [0.3, 0.4) is 0 Å². The maximum atomic E-state index is 14.5. The van der Waals surface area contributed by atoms with Crippen molar-refractivity contribution in [1.29, 1.82) is 0 Å². The van der Waals surface area contributed by atoms with Gasteiger partial charge in [0.05, 0.1) is 30.8 Å². The summed E-state index contributed by atoms with van der Waals surface area (Å²) in [5, 5.41) is 4.74. The maximum absolute atomic E-state index is 14.5. The number of carbonyl (C=O) groups is 3. The number of fused-ring (bicyclic) bond motifs is 1. The molecule has 0 spiro atoms. The average Bonchev–Trinajstić information content (AvgIpc) is 3.37. The summed E-state index contributed by atoms with van der Waals surface area (Å²) >= 11 is 0. The molecule has 2 aromatic carbocycles. The van der Waals surface area contributed by atoms with Crippen LogP contribution in [0.25, 0.3) is 22.2 Å². The van der Waals surface area contributed by atoms with Gasteiger partial charge in [0.1, 0.15) is 35.8 Å². The van der Waals surface area contributed by atoms with Crippen molar-refractivity contribution in [3.8, 4) is 35.1 Å². The molecule has 1 aliphatic heterocycles. The average molecular weight is 716 g/mol. The highest BCUT2D eigenvalue weighted by Gasteiger charge is 2.71. The van der Waals surface area contributed by atoms with Crippen LogP contribution in [0, 0.1) is 23.7 Å². The number of nitrogens with one attached hydrogen (secondary N) is 2. The summed E-state index contributed by atoms with van der Waals surface area (Å²) in [6.45, 7) is 5.46. The van der Waals surface area contributed by atoms with E-state index in [0.29, 0.717) is 28.1 Å². The van der Waals surface area contributed by atoms with Crippen LogP contribution < -0.4 is 20.1 Å². The Hall–Kier alpha value is -4.72. The second kappa shape index (κ2) is 14.5. The number of amides is 3. The molecule has 3 aliphatic rings. The Morgan fingerprint density at radius 2 is 1.82 bits per heavy atom. The van der Waals surface area contributed by atoms with Crippen LogP contribution in [-0.2, 0) is 18.9 Å². The molecular weight excluding hydrogens is 671 g/mol. The van der Waals surface area contributed by atoms with E-state index in [1.54, 1.807) is 13.2 Å². The first-order valence-corrected chi connectivity index (χ1v) is 18.5. The minimum atomic E-state index is -2.85. The Morgan fingerprint density at radius 1 is 1.10 bits per heavy atom. The number of nitrogens with zero attached hydrogens (tertiary/aromatic N) is 2. The first-order chi connectivity index (χ1) is 24.3. The first kappa shape index (κ1) is 36.1. The van der Waals surface area contributed by atoms with Crippen molar-refractivity contribution < 1.29 is 38.1 Å². The van der Waals surface area contributed by atoms with Gasteiger partial charge in [-0.3, -0.25) is 9.59 Å². The van der Waals surface area contributed by atoms with Gasteiger partial charge in [-0.2, -0.15) is 4.89 Å². The summed E-state index contributed by atoms with van der Waals surface area (Å²) in [6, 6.07) is 14.8. The van der Waals surface area contributed by atoms with Gasteiger partial charge in [0.25, 0.3) is 5.28 Å². The highest BCUT2D eigenvalue weighted by Crippen LogP contribution is 2.57. The van der Waals surface area contributed by atoms with Gasteiger partial charge in [-0.1, -0.05) is 57.0 Å². The molecule has 2 aliphatic carbocycles. The zero-order chi connectivity index (χ0) is 36.5. The first-order valence-electron chi connectivity index (χ1n) is 17.3. The third-order valence-electron chi connectivity index (χ3n) is 9.96. The van der Waals surface area contributed by atoms with E-state index in [2.05, 4.69) is 16.6 Å². The van der Waals surface area contributed by atoms with Crippen LogP contribution in [0.5, 0.6) is 11.5 Å². The van der Waals surface area contributed by atoms with E-state index in [4.69, 9.17) is 25.6 Å². The quantitative estimate of drug-likeness (QED) is 0.181. The van der Waals surface area contributed by atoms with Gasteiger partial charge in [-0.25, -0.2) is 9.78 Å². The van der Waals surface area contributed by atoms with Gasteiger partial charge in [0.2, 0.25) is 11.8 Å². The van der Waals surface area contributed by atoms with E-state index in [9.17, 15) is 23.8 Å². The van der Waals surface area contributed by atoms with E-state index in [-0.39, 0.29) is 25.5 Å². The predicted molar refractivity (Wildman–Crippen MR) is 191 cm³/mol. The molecule has 2 saturated carbocycles. The number of benzene rings is 2. The number of aromatic nitrogens is 1. The van der Waals surface area contributed by atoms with Crippen molar-refractivity contribution in [2.75, 3.05) is 13.7 Å². The summed E-state index contributed by atoms with van der Waals surface area (Å²) in [7, 11) is -1.28. The maximum Gasteiger partial charge on any atom is 0.535 e. The monoisotopic (exact) mass is 715 g/mol. The van der Waals surface area contributed by atoms with Crippen molar-refractivity contribution in [3.05, 3.63) is 54.6 Å². The molecule has 3 aromatic rings. The van der Waals surface area contributed by atoms with Crippen molar-refractivity contribution in [3.63, 3.8) is 0 Å². The van der Waals surface area contributed by atoms with Crippen LogP contribution in [0.1, 0.15) is 59.3 Å². The number of carbonyl (C=O) groups excluding carboxylic acids is 3. The smallest absolute Gasteiger partial charge is 0.497 e. The van der Waals surface area contributed by atoms with E-state index in [1.807, 2.05) is 69.3 Å². The Kier molecular flexibility index (Phi) is 10.3. The zero-order valence-corrected chi connectivity index (χ0v) is 30.2. The summed E-state index contributed by atoms with van der Waals surface area (Å²) in [4.78, 5) is 58.0. The fraction of sp³-hybridized carbons (Fsp3) is 0.474. The normalized spacial score (nSPS) is 24.0. The zero-order valence-electron chi connectivity index (χ0n) is 29.3. The Morgan fingerprint density at radius 3 is 2.45 bits per heavy atom. The van der Waals surface area contributed by atoms with Gasteiger partial charge in [-0.05, 0) is 47.8 Å². The number of methoxy groups -OCH3 is 1. The number of hydrogen-bond donors (Lipinski definition) is 3. The highest BCUT2D eigenvalue weighted by atomic mass is 31.1. The number of pyridine rings is 1. The number of likely N-dealkylation sites (tertiary alicyclic amines) is 1. The van der Waals surface area contributed by atoms with Gasteiger partial charge < -0.3 is 29.7 Å². The predicted octanol–water partition coefficient (Wildman–Crippen LogP) is 5.54. The number of ether oxygens (including phenoxy) is 3. The van der Waals surface area contributed by atoms with Crippen LogP contribution in [-0.4, -0.2) is 75.9 Å². The van der Waals surface area contributed by atoms with Crippen LogP contribution in [0.15, 0.2) is 54.6 Å². The molecule has 3 fully saturated rings. The van der Waals surface area contributed by atoms with E-state index >= 15 is 0 Å². The molecule has 6 atom stereocenters. The molecular formula is C38H44N4O8P+. The third kappa shape index (κ3) is 7.65. The SMILES string of the molecule is C#C[C@@H]1C[C@]1(NC(=O)[C@@H]1C[C@@H](Oc2cc(-c3ccccc3)nc3cc(OC)ccc23)CN1C(=O)C(NC(=O)OC1CCCC1)C(C)(C)C)[P+](=O)O. The second-order valence-electron chi connectivity index (χ2n) is 14.6. The molecule has 6 rings (SSSR count). The number of alkyl carbamates (subject to hydrolysis) is 1. The van der Waals surface area contributed by atoms with Gasteiger partial charge in [0, 0.05) is 35.9 Å². The fourth-order valence-electron chi connectivity index (χ4n) is 6.98. The molecule has 2 unspecified atom stereocenters. The molecule has 1 saturated heterocycles. The lowest BCUT2D eigenvalue weighted by molar-refractivity contribution is -0.142. The molecule has 2 heterocycles. The molecule has 3 N–H and O–H groups in total. The minimum Gasteiger partial charge on any atom is -0.497 e. The molecule has 51 heavy (non-hydrogen) atoms. The summed E-state index contributed by atoms with van der Waals surface area (Å²) < 4.78 is 30.1. The number of hydrogen-bond acceptors (Lipinski definition) is 8. The van der Waals surface area contributed by atoms with Crippen LogP contribution in [0.2, 0.25) is 0 Å². The van der Waals surface area contributed by atoms with Gasteiger partial charge in [-0.15, -0.1) is 6.42 Å². The lowest BCUT2D eigenvalue weighted by Crippen LogP contribution is -2.58. The lowest BCUT2D eigenvalue weighted by Gasteiger charge is -2.35. The summed E-state index contributed by atoms with van der Waals surface area (Å²) in [5.41, 5.74) is 1.39. The molecule has 268 valence electrons. The molecule has 12 nitrogen and oxygen atoms in total. The van der Waals surface area contributed by atoms with Crippen molar-refractivity contribution >= 4 is 36.8 Å². The molecule has 0 bridgehead atoms. The van der Waals surface area contributed by atoms with Gasteiger partial charge in [0.15, 0.2) is 0 Å². The largest absolute Gasteiger partial charge is 0.535 e. The Bertz CT molecular complexity index is 1870. The van der Waals surface area contributed by atoms with E-state index in [0.717, 1.165) is 31.2 Å². The fourth-order valence-corrected chi connectivity index (χ4v) is 7.86. The van der Waals surface area contributed by atoms with Gasteiger partial charge >= 0.3 is 14.1 Å². The summed E-state index contributed by atoms with van der Waals surface area (Å²) in [6.07, 6.45) is 7.70. The van der Waals surface area contributed by atoms with Crippen LogP contribution in [0.4, 0.5) is 4.79 Å². The molecule has 13 heteroatoms. The van der Waals surface area contributed by atoms with E-state index in [1.165, 1.54) is 4.90 Å². The van der Waals surface area contributed by atoms with Crippen molar-refractivity contribution in [2.45, 2.75) is 88.9 Å². The minimum absolute atomic E-state index is 0.000321. The molecule has 1 aromatic heterocycles. The van der Waals surface area contributed by atoms with E-state index < -0.39 is 60.7 Å². The molecule has 3 amide bonds. The molecule has 0 radical (unpaired) electrons. The third-order valence-corrected chi connectivity index (χ3v) is 11.2. The summed E-state index contributed by atoms with van der Waals surface area (Å²) in [5.74, 6) is 1.85. The topological polar surface area (TPSA) is 156 Å². The Balaban J connectivity index is 1.32. The number of rotatable bonds is 10. The van der Waals surface area contributed by atoms with Crippen molar-refractivity contribution in [2.24, 2.45) is 11.3 Å². The van der Waals surface area contributed by atoms with Crippen LogP contribution >= 0.6 is 8.03 Å². The standard InChI is InChI=1S/C38H43N4O8P/c1-6-24-21-38(24,51(46)47)41-34(43)31-19-27(22-42(31)35(44)33(37(2,3)4)40-36(45)50-25-14-10-11-15-25)49-32-20-29(23-12-8-7-9-13-23)39-30-18-26(48-5)16-17-28(30)32/h1,7-9,12-13,16-18,20,24-25,27,31,33H,10-11,14-15,19,21-22H2,2-5H3,(H2-,40,41,43,45,46,47)/p+1/t24-,27-,31+,33?,38+/m1/s1. The highest BCUT2D eigenvalue weighted by molar-refractivity contribution is 7.40. The van der Waals surface area contributed by atoms with Crippen molar-refractivity contribution in [1.82, 2.24) is 20.5 Å². The Labute approximate surface area is 298 Å². The second-order valence-corrected chi connectivity index (χ2v) is 15.9. The number of terminal acetylenes is 1. The lowest BCUT2D eigenvalue weighted by atomic mass is 9.85.